The standard InChI is InChI=1S/C18H19N3/c1-2-21-13-12-20-17(16-7-3-4-8-18(16)21)10-9-15-6-5-11-19-14-15/h3-11,14H,2,12-13H2,1H3/b10-9+. The first-order valence-electron chi connectivity index (χ1n) is 7.35. The second kappa shape index (κ2) is 6.35. The maximum Gasteiger partial charge on any atom is 0.0668 e. The number of allylic oxidation sites excluding steroid dienone is 1. The van der Waals surface area contributed by atoms with Crippen LogP contribution in [0.2, 0.25) is 0 Å². The molecule has 2 heterocycles. The highest BCUT2D eigenvalue weighted by Gasteiger charge is 2.15. The third kappa shape index (κ3) is 3.02. The van der Waals surface area contributed by atoms with Crippen molar-refractivity contribution in [2.45, 2.75) is 6.92 Å². The van der Waals surface area contributed by atoms with Gasteiger partial charge in [-0.1, -0.05) is 30.3 Å². The zero-order chi connectivity index (χ0) is 14.5. The monoisotopic (exact) mass is 277 g/mol. The molecule has 2 aromatic rings. The summed E-state index contributed by atoms with van der Waals surface area (Å²) in [6.07, 6.45) is 7.81. The second-order valence-corrected chi connectivity index (χ2v) is 4.98. The van der Waals surface area contributed by atoms with E-state index in [1.807, 2.05) is 18.3 Å². The summed E-state index contributed by atoms with van der Waals surface area (Å²) in [4.78, 5) is 11.3. The lowest BCUT2D eigenvalue weighted by Crippen LogP contribution is -2.25. The van der Waals surface area contributed by atoms with E-state index in [-0.39, 0.29) is 0 Å². The van der Waals surface area contributed by atoms with E-state index in [1.165, 1.54) is 11.3 Å². The summed E-state index contributed by atoms with van der Waals surface area (Å²) in [6, 6.07) is 12.5. The van der Waals surface area contributed by atoms with Crippen molar-refractivity contribution in [3.63, 3.8) is 0 Å². The lowest BCUT2D eigenvalue weighted by atomic mass is 10.1. The summed E-state index contributed by atoms with van der Waals surface area (Å²) in [5, 5.41) is 0. The van der Waals surface area contributed by atoms with Gasteiger partial charge in [-0.2, -0.15) is 0 Å². The number of anilines is 1. The fourth-order valence-corrected chi connectivity index (χ4v) is 2.58. The van der Waals surface area contributed by atoms with Crippen molar-refractivity contribution in [3.8, 4) is 0 Å². The van der Waals surface area contributed by atoms with Crippen molar-refractivity contribution in [3.05, 3.63) is 66.0 Å². The second-order valence-electron chi connectivity index (χ2n) is 4.98. The molecule has 21 heavy (non-hydrogen) atoms. The molecule has 0 spiro atoms. The molecule has 106 valence electrons. The average Bonchev–Trinajstić information content (AvgIpc) is 2.73. The smallest absolute Gasteiger partial charge is 0.0668 e. The van der Waals surface area contributed by atoms with Crippen LogP contribution in [0.3, 0.4) is 0 Å². The Hall–Kier alpha value is -2.42. The Morgan fingerprint density at radius 1 is 1.14 bits per heavy atom. The van der Waals surface area contributed by atoms with Crippen LogP contribution in [0.15, 0.2) is 59.9 Å². The maximum atomic E-state index is 4.75. The summed E-state index contributed by atoms with van der Waals surface area (Å²) in [6.45, 7) is 4.99. The van der Waals surface area contributed by atoms with Crippen molar-refractivity contribution in [2.24, 2.45) is 4.99 Å². The van der Waals surface area contributed by atoms with Crippen LogP contribution in [0.4, 0.5) is 5.69 Å². The van der Waals surface area contributed by atoms with E-state index in [4.69, 9.17) is 4.99 Å². The molecule has 1 aromatic heterocycles. The molecule has 0 atom stereocenters. The van der Waals surface area contributed by atoms with Gasteiger partial charge in [0.1, 0.15) is 0 Å². The number of hydrogen-bond donors (Lipinski definition) is 0. The van der Waals surface area contributed by atoms with Gasteiger partial charge in [-0.15, -0.1) is 0 Å². The Morgan fingerprint density at radius 2 is 2.05 bits per heavy atom. The molecular weight excluding hydrogens is 258 g/mol. The van der Waals surface area contributed by atoms with Crippen molar-refractivity contribution in [2.75, 3.05) is 24.5 Å². The molecule has 0 N–H and O–H groups in total. The Morgan fingerprint density at radius 3 is 2.86 bits per heavy atom. The van der Waals surface area contributed by atoms with Crippen LogP contribution in [0.25, 0.3) is 6.08 Å². The Balaban J connectivity index is 1.95. The Labute approximate surface area is 125 Å². The van der Waals surface area contributed by atoms with E-state index in [2.05, 4.69) is 53.2 Å². The SMILES string of the molecule is CCN1CCN=C(/C=C/c2cccnc2)c2ccccc21. The molecule has 0 aliphatic carbocycles. The summed E-state index contributed by atoms with van der Waals surface area (Å²) >= 11 is 0. The number of pyridine rings is 1. The van der Waals surface area contributed by atoms with Crippen LogP contribution in [-0.2, 0) is 0 Å². The zero-order valence-electron chi connectivity index (χ0n) is 12.2. The molecule has 3 heteroatoms. The highest BCUT2D eigenvalue weighted by atomic mass is 15.1. The zero-order valence-corrected chi connectivity index (χ0v) is 12.2. The average molecular weight is 277 g/mol. The third-order valence-corrected chi connectivity index (χ3v) is 3.67. The van der Waals surface area contributed by atoms with Crippen LogP contribution >= 0.6 is 0 Å². The number of benzodiazepines with no additional fused rings is 1. The van der Waals surface area contributed by atoms with Gasteiger partial charge in [-0.05, 0) is 30.7 Å². The number of likely N-dealkylation sites (N-methyl/N-ethyl adjacent to an activating group) is 1. The topological polar surface area (TPSA) is 28.5 Å². The lowest BCUT2D eigenvalue weighted by molar-refractivity contribution is 0.825. The van der Waals surface area contributed by atoms with Crippen LogP contribution in [0.5, 0.6) is 0 Å². The number of fused-ring (bicyclic) bond motifs is 1. The summed E-state index contributed by atoms with van der Waals surface area (Å²) < 4.78 is 0. The van der Waals surface area contributed by atoms with Gasteiger partial charge in [0.2, 0.25) is 0 Å². The normalized spacial score (nSPS) is 14.7. The highest BCUT2D eigenvalue weighted by molar-refractivity contribution is 6.14. The van der Waals surface area contributed by atoms with Crippen molar-refractivity contribution >= 4 is 17.5 Å². The Bertz CT molecular complexity index is 659. The van der Waals surface area contributed by atoms with Gasteiger partial charge in [-0.25, -0.2) is 0 Å². The minimum atomic E-state index is 0.829. The summed E-state index contributed by atoms with van der Waals surface area (Å²) in [7, 11) is 0. The van der Waals surface area contributed by atoms with E-state index in [0.717, 1.165) is 30.9 Å². The number of aromatic nitrogens is 1. The fourth-order valence-electron chi connectivity index (χ4n) is 2.58. The van der Waals surface area contributed by atoms with E-state index < -0.39 is 0 Å². The fraction of sp³-hybridized carbons (Fsp3) is 0.222. The molecule has 3 rings (SSSR count). The van der Waals surface area contributed by atoms with Gasteiger partial charge < -0.3 is 4.90 Å². The molecule has 0 amide bonds. The number of benzene rings is 1. The maximum absolute atomic E-state index is 4.75. The first-order chi connectivity index (χ1) is 10.4. The van der Waals surface area contributed by atoms with Crippen molar-refractivity contribution in [1.82, 2.24) is 4.98 Å². The molecule has 0 radical (unpaired) electrons. The third-order valence-electron chi connectivity index (χ3n) is 3.67. The quantitative estimate of drug-likeness (QED) is 0.860. The Kier molecular flexibility index (Phi) is 4.10. The molecule has 0 saturated heterocycles. The predicted octanol–water partition coefficient (Wildman–Crippen LogP) is 3.42. The van der Waals surface area contributed by atoms with Crippen molar-refractivity contribution < 1.29 is 0 Å². The van der Waals surface area contributed by atoms with E-state index in [9.17, 15) is 0 Å². The minimum Gasteiger partial charge on any atom is -0.369 e. The van der Waals surface area contributed by atoms with Crippen LogP contribution < -0.4 is 4.90 Å². The van der Waals surface area contributed by atoms with Gasteiger partial charge in [0.15, 0.2) is 0 Å². The van der Waals surface area contributed by atoms with E-state index in [1.54, 1.807) is 6.20 Å². The number of para-hydroxylation sites is 1. The minimum absolute atomic E-state index is 0.829. The van der Waals surface area contributed by atoms with Gasteiger partial charge >= 0.3 is 0 Å². The van der Waals surface area contributed by atoms with Crippen molar-refractivity contribution in [1.29, 1.82) is 0 Å². The largest absolute Gasteiger partial charge is 0.369 e. The summed E-state index contributed by atoms with van der Waals surface area (Å²) in [5.41, 5.74) is 4.61. The highest BCUT2D eigenvalue weighted by Crippen LogP contribution is 2.24. The van der Waals surface area contributed by atoms with Crippen LogP contribution in [-0.4, -0.2) is 30.3 Å². The molecule has 0 unspecified atom stereocenters. The molecule has 1 aromatic carbocycles. The first kappa shape index (κ1) is 13.6. The number of hydrogen-bond acceptors (Lipinski definition) is 3. The van der Waals surface area contributed by atoms with Gasteiger partial charge in [0, 0.05) is 36.7 Å². The lowest BCUT2D eigenvalue weighted by Gasteiger charge is -2.22. The number of rotatable bonds is 3. The molecule has 0 saturated carbocycles. The molecule has 1 aliphatic rings. The van der Waals surface area contributed by atoms with E-state index in [0.29, 0.717) is 0 Å². The molecular formula is C18H19N3. The molecule has 0 fully saturated rings. The number of nitrogens with zero attached hydrogens (tertiary/aromatic N) is 3. The molecule has 3 nitrogen and oxygen atoms in total. The van der Waals surface area contributed by atoms with Gasteiger partial charge in [-0.3, -0.25) is 9.98 Å². The first-order valence-corrected chi connectivity index (χ1v) is 7.35. The van der Waals surface area contributed by atoms with Gasteiger partial charge in [0.25, 0.3) is 0 Å². The van der Waals surface area contributed by atoms with E-state index >= 15 is 0 Å². The van der Waals surface area contributed by atoms with Crippen LogP contribution in [0, 0.1) is 0 Å². The summed E-state index contributed by atoms with van der Waals surface area (Å²) in [5.74, 6) is 0. The number of aliphatic imine (C=N–C) groups is 1. The van der Waals surface area contributed by atoms with Crippen LogP contribution in [0.1, 0.15) is 18.1 Å². The van der Waals surface area contributed by atoms with Gasteiger partial charge in [0.05, 0.1) is 12.3 Å². The molecule has 0 bridgehead atoms. The molecule has 1 aliphatic heterocycles. The predicted molar refractivity (Wildman–Crippen MR) is 89.0 cm³/mol.